The van der Waals surface area contributed by atoms with E-state index in [0.717, 1.165) is 0 Å². The number of aromatic amines is 1. The molecule has 1 amide bonds. The summed E-state index contributed by atoms with van der Waals surface area (Å²) >= 11 is 6.07. The molecule has 0 spiro atoms. The third-order valence-corrected chi connectivity index (χ3v) is 3.70. The second-order valence-electron chi connectivity index (χ2n) is 4.58. The van der Waals surface area contributed by atoms with E-state index >= 15 is 0 Å². The van der Waals surface area contributed by atoms with Crippen molar-refractivity contribution in [3.05, 3.63) is 56.5 Å². The Labute approximate surface area is 126 Å². The minimum Gasteiger partial charge on any atom is -0.497 e. The molecule has 1 aromatic heterocycles. The maximum absolute atomic E-state index is 12.3. The highest BCUT2D eigenvalue weighted by molar-refractivity contribution is 6.32. The number of benzene rings is 1. The molecule has 21 heavy (non-hydrogen) atoms. The molecule has 0 radical (unpaired) electrons. The summed E-state index contributed by atoms with van der Waals surface area (Å²) in [6.45, 7) is 3.33. The Morgan fingerprint density at radius 2 is 1.86 bits per heavy atom. The highest BCUT2D eigenvalue weighted by Gasteiger charge is 2.18. The number of H-pyrrole nitrogens is 1. The van der Waals surface area contributed by atoms with Crippen molar-refractivity contribution in [1.29, 1.82) is 0 Å². The van der Waals surface area contributed by atoms with Crippen molar-refractivity contribution in [2.24, 2.45) is 0 Å². The first-order valence-electron chi connectivity index (χ1n) is 6.28. The lowest BCUT2D eigenvalue weighted by atomic mass is 10.1. The minimum atomic E-state index is -0.499. The number of anilines is 1. The number of methoxy groups -OCH3 is 1. The van der Waals surface area contributed by atoms with Crippen LogP contribution in [0.5, 0.6) is 5.75 Å². The van der Waals surface area contributed by atoms with Gasteiger partial charge in [0, 0.05) is 11.4 Å². The molecule has 1 aromatic carbocycles. The molecule has 5 nitrogen and oxygen atoms in total. The average molecular weight is 307 g/mol. The maximum atomic E-state index is 12.3. The summed E-state index contributed by atoms with van der Waals surface area (Å²) in [5, 5.41) is 3.05. The molecule has 0 bridgehead atoms. The zero-order chi connectivity index (χ0) is 15.6. The van der Waals surface area contributed by atoms with Crippen molar-refractivity contribution in [2.75, 3.05) is 12.4 Å². The van der Waals surface area contributed by atoms with E-state index in [1.165, 1.54) is 0 Å². The van der Waals surface area contributed by atoms with Gasteiger partial charge in [-0.25, -0.2) is 0 Å². The molecule has 1 heterocycles. The van der Waals surface area contributed by atoms with E-state index in [9.17, 15) is 9.59 Å². The molecule has 0 aliphatic heterocycles. The largest absolute Gasteiger partial charge is 0.497 e. The van der Waals surface area contributed by atoms with Gasteiger partial charge in [-0.1, -0.05) is 11.6 Å². The van der Waals surface area contributed by atoms with Crippen LogP contribution in [-0.4, -0.2) is 18.0 Å². The third kappa shape index (κ3) is 3.08. The van der Waals surface area contributed by atoms with Gasteiger partial charge in [0.05, 0.1) is 12.1 Å². The van der Waals surface area contributed by atoms with Crippen LogP contribution < -0.4 is 15.6 Å². The lowest BCUT2D eigenvalue weighted by molar-refractivity contribution is 0.102. The van der Waals surface area contributed by atoms with Crippen LogP contribution in [0.25, 0.3) is 0 Å². The smallest absolute Gasteiger partial charge is 0.261 e. The van der Waals surface area contributed by atoms with Gasteiger partial charge in [-0.05, 0) is 43.7 Å². The molecule has 0 atom stereocenters. The third-order valence-electron chi connectivity index (χ3n) is 3.14. The number of carbonyl (C=O) groups is 1. The zero-order valence-electron chi connectivity index (χ0n) is 11.9. The lowest BCUT2D eigenvalue weighted by Gasteiger charge is -2.10. The summed E-state index contributed by atoms with van der Waals surface area (Å²) in [6, 6.07) is 6.82. The van der Waals surface area contributed by atoms with Gasteiger partial charge in [0.2, 0.25) is 0 Å². The van der Waals surface area contributed by atoms with E-state index in [0.29, 0.717) is 27.7 Å². The van der Waals surface area contributed by atoms with E-state index in [4.69, 9.17) is 16.3 Å². The molecular weight excluding hydrogens is 292 g/mol. The van der Waals surface area contributed by atoms with Crippen LogP contribution in [0.1, 0.15) is 21.6 Å². The predicted molar refractivity (Wildman–Crippen MR) is 82.5 cm³/mol. The summed E-state index contributed by atoms with van der Waals surface area (Å²) in [5.41, 5.74) is 1.13. The standard InChI is InChI=1S/C15H15ClN2O3/c1-8-12(14(19)17-9(2)13(8)16)15(20)18-10-4-6-11(21-3)7-5-10/h4-7H,1-3H3,(H,17,19)(H,18,20). The van der Waals surface area contributed by atoms with Gasteiger partial charge in [-0.15, -0.1) is 0 Å². The van der Waals surface area contributed by atoms with E-state index in [-0.39, 0.29) is 5.56 Å². The maximum Gasteiger partial charge on any atom is 0.261 e. The monoisotopic (exact) mass is 306 g/mol. The molecule has 0 aliphatic carbocycles. The number of ether oxygens (including phenoxy) is 1. The Bertz CT molecular complexity index is 736. The van der Waals surface area contributed by atoms with E-state index < -0.39 is 11.5 Å². The molecule has 2 rings (SSSR count). The van der Waals surface area contributed by atoms with Crippen molar-refractivity contribution in [2.45, 2.75) is 13.8 Å². The second kappa shape index (κ2) is 6.01. The molecule has 0 saturated heterocycles. The number of hydrogen-bond donors (Lipinski definition) is 2. The number of amides is 1. The summed E-state index contributed by atoms with van der Waals surface area (Å²) in [5.74, 6) is 0.182. The van der Waals surface area contributed by atoms with Crippen molar-refractivity contribution >= 4 is 23.2 Å². The first-order chi connectivity index (χ1) is 9.93. The van der Waals surface area contributed by atoms with Crippen LogP contribution in [-0.2, 0) is 0 Å². The predicted octanol–water partition coefficient (Wildman–Crippen LogP) is 2.91. The normalized spacial score (nSPS) is 10.3. The quantitative estimate of drug-likeness (QED) is 0.916. The molecule has 0 saturated carbocycles. The van der Waals surface area contributed by atoms with Crippen LogP contribution in [0.3, 0.4) is 0 Å². The molecule has 6 heteroatoms. The number of aromatic nitrogens is 1. The average Bonchev–Trinajstić information content (AvgIpc) is 2.45. The van der Waals surface area contributed by atoms with Crippen LogP contribution in [0.2, 0.25) is 5.02 Å². The number of hydrogen-bond acceptors (Lipinski definition) is 3. The highest BCUT2D eigenvalue weighted by atomic mass is 35.5. The molecule has 2 N–H and O–H groups in total. The topological polar surface area (TPSA) is 71.2 Å². The van der Waals surface area contributed by atoms with Crippen molar-refractivity contribution in [1.82, 2.24) is 4.98 Å². The van der Waals surface area contributed by atoms with Gasteiger partial charge in [-0.2, -0.15) is 0 Å². The van der Waals surface area contributed by atoms with Gasteiger partial charge < -0.3 is 15.0 Å². The Morgan fingerprint density at radius 1 is 1.24 bits per heavy atom. The van der Waals surface area contributed by atoms with Crippen LogP contribution >= 0.6 is 11.6 Å². The van der Waals surface area contributed by atoms with Gasteiger partial charge >= 0.3 is 0 Å². The summed E-state index contributed by atoms with van der Waals surface area (Å²) < 4.78 is 5.04. The van der Waals surface area contributed by atoms with Crippen LogP contribution in [0, 0.1) is 13.8 Å². The molecular formula is C15H15ClN2O3. The van der Waals surface area contributed by atoms with E-state index in [1.54, 1.807) is 45.2 Å². The van der Waals surface area contributed by atoms with E-state index in [1.807, 2.05) is 0 Å². The molecule has 2 aromatic rings. The number of rotatable bonds is 3. The fourth-order valence-electron chi connectivity index (χ4n) is 1.99. The van der Waals surface area contributed by atoms with E-state index in [2.05, 4.69) is 10.3 Å². The summed E-state index contributed by atoms with van der Waals surface area (Å²) in [6.07, 6.45) is 0. The fourth-order valence-corrected chi connectivity index (χ4v) is 2.13. The SMILES string of the molecule is COc1ccc(NC(=O)c2c(C)c(Cl)c(C)[nH]c2=O)cc1. The first-order valence-corrected chi connectivity index (χ1v) is 6.66. The molecule has 0 unspecified atom stereocenters. The van der Waals surface area contributed by atoms with Crippen molar-refractivity contribution < 1.29 is 9.53 Å². The lowest BCUT2D eigenvalue weighted by Crippen LogP contribution is -2.25. The number of nitrogens with one attached hydrogen (secondary N) is 2. The van der Waals surface area contributed by atoms with Crippen LogP contribution in [0.15, 0.2) is 29.1 Å². The molecule has 0 fully saturated rings. The minimum absolute atomic E-state index is 0.0152. The summed E-state index contributed by atoms with van der Waals surface area (Å²) in [7, 11) is 1.56. The Morgan fingerprint density at radius 3 is 2.43 bits per heavy atom. The molecule has 110 valence electrons. The van der Waals surface area contributed by atoms with Gasteiger partial charge in [-0.3, -0.25) is 9.59 Å². The highest BCUT2D eigenvalue weighted by Crippen LogP contribution is 2.20. The fraction of sp³-hybridized carbons (Fsp3) is 0.200. The van der Waals surface area contributed by atoms with Gasteiger partial charge in [0.1, 0.15) is 11.3 Å². The Hall–Kier alpha value is -2.27. The Balaban J connectivity index is 2.32. The van der Waals surface area contributed by atoms with Crippen molar-refractivity contribution in [3.63, 3.8) is 0 Å². The second-order valence-corrected chi connectivity index (χ2v) is 4.95. The Kier molecular flexibility index (Phi) is 4.33. The molecule has 0 aliphatic rings. The number of halogens is 1. The number of aryl methyl sites for hydroxylation is 1. The summed E-state index contributed by atoms with van der Waals surface area (Å²) in [4.78, 5) is 26.8. The number of carbonyl (C=O) groups excluding carboxylic acids is 1. The first kappa shape index (κ1) is 15.1. The zero-order valence-corrected chi connectivity index (χ0v) is 12.7. The van der Waals surface area contributed by atoms with Crippen LogP contribution in [0.4, 0.5) is 5.69 Å². The van der Waals surface area contributed by atoms with Gasteiger partial charge in [0.15, 0.2) is 0 Å². The number of pyridine rings is 1. The van der Waals surface area contributed by atoms with Crippen molar-refractivity contribution in [3.8, 4) is 5.75 Å². The van der Waals surface area contributed by atoms with Gasteiger partial charge in [0.25, 0.3) is 11.5 Å².